The van der Waals surface area contributed by atoms with Crippen LogP contribution in [0.1, 0.15) is 65.1 Å². The van der Waals surface area contributed by atoms with E-state index in [1.165, 1.54) is 27.4 Å². The van der Waals surface area contributed by atoms with Crippen LogP contribution in [0.15, 0.2) is 48.5 Å². The number of carbonyl (C=O) groups is 4. The highest BCUT2D eigenvalue weighted by atomic mass is 16.6. The quantitative estimate of drug-likeness (QED) is 0.239. The molecule has 0 fully saturated rings. The third-order valence-electron chi connectivity index (χ3n) is 7.17. The molecule has 3 amide bonds. The van der Waals surface area contributed by atoms with Crippen LogP contribution in [0.3, 0.4) is 0 Å². The summed E-state index contributed by atoms with van der Waals surface area (Å²) < 4.78 is 27.7. The molecular weight excluding hydrogens is 610 g/mol. The Morgan fingerprint density at radius 2 is 1.66 bits per heavy atom. The second-order valence-electron chi connectivity index (χ2n) is 11.7. The number of hydrogen-bond donors (Lipinski definition) is 4. The number of alkyl carbamates (subject to hydrolysis) is 1. The Kier molecular flexibility index (Phi) is 10.6. The highest BCUT2D eigenvalue weighted by molar-refractivity contribution is 6.07. The fraction of sp³-hybridized carbons (Fsp3) is 0.353. The van der Waals surface area contributed by atoms with E-state index in [1.54, 1.807) is 70.2 Å². The van der Waals surface area contributed by atoms with E-state index in [-0.39, 0.29) is 40.5 Å². The minimum absolute atomic E-state index is 0.0225. The third kappa shape index (κ3) is 8.11. The molecule has 4 N–H and O–H groups in total. The lowest BCUT2D eigenvalue weighted by Gasteiger charge is -2.28. The van der Waals surface area contributed by atoms with Crippen molar-refractivity contribution in [3.05, 3.63) is 70.8 Å². The van der Waals surface area contributed by atoms with Crippen molar-refractivity contribution in [3.63, 3.8) is 0 Å². The van der Waals surface area contributed by atoms with Gasteiger partial charge in [0.1, 0.15) is 29.1 Å². The van der Waals surface area contributed by atoms with Crippen LogP contribution in [0, 0.1) is 6.92 Å². The van der Waals surface area contributed by atoms with Gasteiger partial charge >= 0.3 is 6.09 Å². The highest BCUT2D eigenvalue weighted by Crippen LogP contribution is 2.49. The minimum Gasteiger partial charge on any atom is -0.493 e. The summed E-state index contributed by atoms with van der Waals surface area (Å²) in [5.41, 5.74) is 1.77. The first-order valence-corrected chi connectivity index (χ1v) is 14.7. The molecule has 0 saturated carbocycles. The molecule has 3 aromatic rings. The monoisotopic (exact) mass is 649 g/mol. The fourth-order valence-corrected chi connectivity index (χ4v) is 4.97. The van der Waals surface area contributed by atoms with E-state index in [2.05, 4.69) is 16.0 Å². The molecule has 0 saturated heterocycles. The number of aliphatic hydroxyl groups is 1. The zero-order valence-electron chi connectivity index (χ0n) is 27.3. The predicted molar refractivity (Wildman–Crippen MR) is 173 cm³/mol. The van der Waals surface area contributed by atoms with Gasteiger partial charge in [-0.2, -0.15) is 0 Å². The normalized spacial score (nSPS) is 14.6. The van der Waals surface area contributed by atoms with Crippen molar-refractivity contribution in [3.8, 4) is 23.0 Å². The number of benzene rings is 3. The summed E-state index contributed by atoms with van der Waals surface area (Å²) in [4.78, 5) is 51.6. The Bertz CT molecular complexity index is 1680. The van der Waals surface area contributed by atoms with Gasteiger partial charge in [0.15, 0.2) is 17.3 Å². The van der Waals surface area contributed by atoms with Crippen LogP contribution in [0.2, 0.25) is 0 Å². The number of methoxy groups -OCH3 is 3. The van der Waals surface area contributed by atoms with Gasteiger partial charge in [-0.15, -0.1) is 0 Å². The number of Topliss-reactive ketones (excluding diaryl/α,β-unsaturated/α-hetero) is 1. The molecule has 3 aromatic carbocycles. The van der Waals surface area contributed by atoms with E-state index in [0.29, 0.717) is 28.3 Å². The van der Waals surface area contributed by atoms with Crippen LogP contribution in [0.5, 0.6) is 23.0 Å². The van der Waals surface area contributed by atoms with Crippen LogP contribution in [-0.2, 0) is 9.53 Å². The number of amides is 3. The average molecular weight is 650 g/mol. The number of hydrogen-bond acceptors (Lipinski definition) is 10. The Labute approximate surface area is 272 Å². The molecule has 1 unspecified atom stereocenters. The molecule has 13 nitrogen and oxygen atoms in total. The lowest BCUT2D eigenvalue weighted by molar-refractivity contribution is -0.119. The van der Waals surface area contributed by atoms with Gasteiger partial charge in [-0.25, -0.2) is 4.79 Å². The highest BCUT2D eigenvalue weighted by Gasteiger charge is 2.34. The molecule has 1 heterocycles. The largest absolute Gasteiger partial charge is 0.493 e. The molecule has 0 radical (unpaired) electrons. The first kappa shape index (κ1) is 34.6. The molecule has 0 bridgehead atoms. The third-order valence-corrected chi connectivity index (χ3v) is 7.17. The number of nitrogens with one attached hydrogen (secondary N) is 3. The van der Waals surface area contributed by atoms with E-state index in [4.69, 9.17) is 23.7 Å². The number of fused-ring (bicyclic) bond motifs is 1. The summed E-state index contributed by atoms with van der Waals surface area (Å²) in [7, 11) is 4.36. The van der Waals surface area contributed by atoms with Gasteiger partial charge in [-0.3, -0.25) is 14.4 Å². The van der Waals surface area contributed by atoms with Gasteiger partial charge in [0, 0.05) is 23.0 Å². The Balaban J connectivity index is 1.49. The maximum Gasteiger partial charge on any atom is 0.408 e. The minimum atomic E-state index is -1.28. The molecule has 13 heteroatoms. The van der Waals surface area contributed by atoms with Gasteiger partial charge in [0.25, 0.3) is 5.91 Å². The Morgan fingerprint density at radius 3 is 2.30 bits per heavy atom. The van der Waals surface area contributed by atoms with Crippen molar-refractivity contribution in [2.45, 2.75) is 51.9 Å². The number of carbonyl (C=O) groups excluding carboxylic acids is 4. The van der Waals surface area contributed by atoms with Crippen molar-refractivity contribution >= 4 is 35.1 Å². The van der Waals surface area contributed by atoms with Crippen LogP contribution >= 0.6 is 0 Å². The summed E-state index contributed by atoms with van der Waals surface area (Å²) in [5.74, 6) is -0.202. The van der Waals surface area contributed by atoms with Crippen LogP contribution in [0.4, 0.5) is 16.2 Å². The molecule has 47 heavy (non-hydrogen) atoms. The summed E-state index contributed by atoms with van der Waals surface area (Å²) in [6, 6.07) is 12.0. The number of aryl methyl sites for hydroxylation is 1. The lowest BCUT2D eigenvalue weighted by Crippen LogP contribution is -2.47. The van der Waals surface area contributed by atoms with E-state index < -0.39 is 42.3 Å². The summed E-state index contributed by atoms with van der Waals surface area (Å²) >= 11 is 0. The van der Waals surface area contributed by atoms with Gasteiger partial charge < -0.3 is 44.7 Å². The molecule has 1 aliphatic rings. The second kappa shape index (κ2) is 14.4. The fourth-order valence-electron chi connectivity index (χ4n) is 4.97. The van der Waals surface area contributed by atoms with E-state index in [9.17, 15) is 24.3 Å². The van der Waals surface area contributed by atoms with Crippen LogP contribution in [-0.4, -0.2) is 68.4 Å². The number of aliphatic hydroxyl groups excluding tert-OH is 1. The standard InChI is InChI=1S/C34H39N3O10/c1-18-11-12-21(36-32(41)23(17-38)37-33(42)47-34(2,3)4)14-22(18)31(40)35-20-10-8-9-19(13-20)25-15-24(39)28-26(46-25)16-27(43-5)29(44-6)30(28)45-7/h8-14,16,23,25,38H,15,17H2,1-7H3,(H,35,40)(H,36,41)(H,37,42)/t23-,25?/m0/s1. The van der Waals surface area contributed by atoms with Crippen LogP contribution in [0.25, 0.3) is 0 Å². The van der Waals surface area contributed by atoms with E-state index in [0.717, 1.165) is 0 Å². The molecule has 0 spiro atoms. The molecular formula is C34H39N3O10. The second-order valence-corrected chi connectivity index (χ2v) is 11.7. The molecule has 0 aromatic heterocycles. The summed E-state index contributed by atoms with van der Waals surface area (Å²) in [5, 5.41) is 17.5. The van der Waals surface area contributed by atoms with Gasteiger partial charge in [0.05, 0.1) is 34.4 Å². The first-order chi connectivity index (χ1) is 22.3. The smallest absolute Gasteiger partial charge is 0.408 e. The molecule has 2 atom stereocenters. The van der Waals surface area contributed by atoms with Crippen molar-refractivity contribution in [2.75, 3.05) is 38.6 Å². The SMILES string of the molecule is COc1cc2c(c(OC)c1OC)C(=O)CC(c1cccc(NC(=O)c3cc(NC(=O)[C@H](CO)NC(=O)OC(C)(C)C)ccc3C)c1)O2. The lowest BCUT2D eigenvalue weighted by atomic mass is 9.94. The number of rotatable bonds is 10. The van der Waals surface area contributed by atoms with Crippen molar-refractivity contribution < 1.29 is 48.0 Å². The van der Waals surface area contributed by atoms with Gasteiger partial charge in [-0.05, 0) is 63.1 Å². The van der Waals surface area contributed by atoms with E-state index >= 15 is 0 Å². The van der Waals surface area contributed by atoms with Crippen molar-refractivity contribution in [1.29, 1.82) is 0 Å². The van der Waals surface area contributed by atoms with Gasteiger partial charge in [0.2, 0.25) is 11.7 Å². The van der Waals surface area contributed by atoms with E-state index in [1.807, 2.05) is 0 Å². The maximum absolute atomic E-state index is 13.4. The first-order valence-electron chi connectivity index (χ1n) is 14.7. The molecule has 4 rings (SSSR count). The number of ketones is 1. The van der Waals surface area contributed by atoms with Gasteiger partial charge in [-0.1, -0.05) is 18.2 Å². The Hall–Kier alpha value is -5.30. The number of ether oxygens (including phenoxy) is 5. The van der Waals surface area contributed by atoms with Crippen molar-refractivity contribution in [2.24, 2.45) is 0 Å². The zero-order chi connectivity index (χ0) is 34.5. The van der Waals surface area contributed by atoms with Crippen LogP contribution < -0.4 is 34.9 Å². The summed E-state index contributed by atoms with van der Waals surface area (Å²) in [6.07, 6.45) is -1.48. The average Bonchev–Trinajstić information content (AvgIpc) is 3.02. The summed E-state index contributed by atoms with van der Waals surface area (Å²) in [6.45, 7) is 6.10. The topological polar surface area (TPSA) is 171 Å². The maximum atomic E-state index is 13.4. The van der Waals surface area contributed by atoms with Crippen molar-refractivity contribution in [1.82, 2.24) is 5.32 Å². The zero-order valence-corrected chi connectivity index (χ0v) is 27.3. The molecule has 0 aliphatic carbocycles. The Morgan fingerprint density at radius 1 is 0.957 bits per heavy atom. The molecule has 250 valence electrons. The number of anilines is 2. The molecule has 1 aliphatic heterocycles. The predicted octanol–water partition coefficient (Wildman–Crippen LogP) is 4.80.